The summed E-state index contributed by atoms with van der Waals surface area (Å²) in [5.41, 5.74) is 2.32. The van der Waals surface area contributed by atoms with E-state index in [1.54, 1.807) is 18.3 Å². The van der Waals surface area contributed by atoms with E-state index in [4.69, 9.17) is 0 Å². The van der Waals surface area contributed by atoms with Crippen LogP contribution in [0.5, 0.6) is 5.75 Å². The minimum Gasteiger partial charge on any atom is -0.508 e. The van der Waals surface area contributed by atoms with Crippen LogP contribution in [0.3, 0.4) is 0 Å². The molecule has 4 nitrogen and oxygen atoms in total. The summed E-state index contributed by atoms with van der Waals surface area (Å²) in [6.07, 6.45) is 1.74. The first-order valence-corrected chi connectivity index (χ1v) is 6.78. The van der Waals surface area contributed by atoms with Crippen molar-refractivity contribution in [2.24, 2.45) is 10.2 Å². The van der Waals surface area contributed by atoms with Crippen LogP contribution in [0.2, 0.25) is 0 Å². The van der Waals surface area contributed by atoms with Crippen molar-refractivity contribution in [3.8, 4) is 5.75 Å². The standard InChI is InChI=1S/C17H15N3O/c1-12(14-8-2-3-10-16(14)21)19-20-15-9-4-6-13-7-5-11-18-17(13)15/h2-12,21H,1H3. The molecule has 0 aliphatic carbocycles. The molecule has 3 aromatic rings. The van der Waals surface area contributed by atoms with Gasteiger partial charge in [-0.25, -0.2) is 0 Å². The number of aromatic nitrogens is 1. The topological polar surface area (TPSA) is 57.8 Å². The first kappa shape index (κ1) is 13.2. The van der Waals surface area contributed by atoms with Crippen molar-refractivity contribution in [3.63, 3.8) is 0 Å². The number of benzene rings is 2. The van der Waals surface area contributed by atoms with Gasteiger partial charge in [-0.2, -0.15) is 10.2 Å². The molecule has 0 spiro atoms. The van der Waals surface area contributed by atoms with Crippen LogP contribution in [0.4, 0.5) is 5.69 Å². The number of aromatic hydroxyl groups is 1. The van der Waals surface area contributed by atoms with Crippen LogP contribution in [-0.2, 0) is 0 Å². The van der Waals surface area contributed by atoms with Crippen LogP contribution in [0.25, 0.3) is 10.9 Å². The Kier molecular flexibility index (Phi) is 3.60. The summed E-state index contributed by atoms with van der Waals surface area (Å²) in [6, 6.07) is 16.7. The average Bonchev–Trinajstić information content (AvgIpc) is 2.53. The van der Waals surface area contributed by atoms with E-state index in [1.807, 2.05) is 49.4 Å². The van der Waals surface area contributed by atoms with Crippen LogP contribution < -0.4 is 0 Å². The number of hydrogen-bond acceptors (Lipinski definition) is 4. The van der Waals surface area contributed by atoms with E-state index in [1.165, 1.54) is 0 Å². The van der Waals surface area contributed by atoms with E-state index in [2.05, 4.69) is 15.2 Å². The first-order chi connectivity index (χ1) is 10.3. The summed E-state index contributed by atoms with van der Waals surface area (Å²) in [5.74, 6) is 0.236. The molecule has 104 valence electrons. The number of phenolic OH excluding ortho intramolecular Hbond substituents is 1. The first-order valence-electron chi connectivity index (χ1n) is 6.78. The SMILES string of the molecule is CC(N=Nc1cccc2cccnc12)c1ccccc1O. The Morgan fingerprint density at radius 2 is 1.81 bits per heavy atom. The molecule has 21 heavy (non-hydrogen) atoms. The van der Waals surface area contributed by atoms with E-state index in [-0.39, 0.29) is 11.8 Å². The Morgan fingerprint density at radius 3 is 2.67 bits per heavy atom. The van der Waals surface area contributed by atoms with Gasteiger partial charge in [0.15, 0.2) is 0 Å². The third-order valence-electron chi connectivity index (χ3n) is 3.34. The van der Waals surface area contributed by atoms with Crippen molar-refractivity contribution in [1.82, 2.24) is 4.98 Å². The molecule has 1 heterocycles. The molecule has 3 rings (SSSR count). The summed E-state index contributed by atoms with van der Waals surface area (Å²) in [4.78, 5) is 4.35. The molecular formula is C17H15N3O. The predicted octanol–water partition coefficient (Wildman–Crippen LogP) is 4.79. The second-order valence-corrected chi connectivity index (χ2v) is 4.80. The maximum atomic E-state index is 9.84. The minimum atomic E-state index is -0.217. The van der Waals surface area contributed by atoms with Crippen molar-refractivity contribution in [1.29, 1.82) is 0 Å². The maximum absolute atomic E-state index is 9.84. The van der Waals surface area contributed by atoms with Crippen molar-refractivity contribution < 1.29 is 5.11 Å². The fraction of sp³-hybridized carbons (Fsp3) is 0.118. The second kappa shape index (κ2) is 5.71. The highest BCUT2D eigenvalue weighted by Crippen LogP contribution is 2.29. The highest BCUT2D eigenvalue weighted by atomic mass is 16.3. The van der Waals surface area contributed by atoms with Crippen LogP contribution >= 0.6 is 0 Å². The molecule has 0 saturated carbocycles. The number of pyridine rings is 1. The highest BCUT2D eigenvalue weighted by molar-refractivity contribution is 5.88. The zero-order valence-corrected chi connectivity index (χ0v) is 11.6. The fourth-order valence-corrected chi connectivity index (χ4v) is 2.22. The number of hydrogen-bond donors (Lipinski definition) is 1. The molecule has 0 radical (unpaired) electrons. The number of para-hydroxylation sites is 2. The van der Waals surface area contributed by atoms with Gasteiger partial charge in [-0.15, -0.1) is 0 Å². The normalized spacial score (nSPS) is 12.8. The van der Waals surface area contributed by atoms with Crippen LogP contribution in [0, 0.1) is 0 Å². The monoisotopic (exact) mass is 277 g/mol. The number of phenols is 1. The van der Waals surface area contributed by atoms with Crippen molar-refractivity contribution in [3.05, 3.63) is 66.4 Å². The van der Waals surface area contributed by atoms with Crippen molar-refractivity contribution >= 4 is 16.6 Å². The van der Waals surface area contributed by atoms with Gasteiger partial charge in [-0.1, -0.05) is 36.4 Å². The van der Waals surface area contributed by atoms with Gasteiger partial charge in [-0.05, 0) is 25.1 Å². The Labute approximate surface area is 122 Å². The van der Waals surface area contributed by atoms with E-state index in [0.29, 0.717) is 0 Å². The molecule has 0 aliphatic heterocycles. The summed E-state index contributed by atoms with van der Waals surface area (Å²) in [6.45, 7) is 1.90. The third kappa shape index (κ3) is 2.74. The molecular weight excluding hydrogens is 262 g/mol. The molecule has 0 bridgehead atoms. The molecule has 0 amide bonds. The van der Waals surface area contributed by atoms with Gasteiger partial charge < -0.3 is 5.11 Å². The number of azo groups is 1. The second-order valence-electron chi connectivity index (χ2n) is 4.80. The lowest BCUT2D eigenvalue weighted by Crippen LogP contribution is -1.88. The van der Waals surface area contributed by atoms with E-state index in [9.17, 15) is 5.11 Å². The van der Waals surface area contributed by atoms with Gasteiger partial charge in [0.25, 0.3) is 0 Å². The summed E-state index contributed by atoms with van der Waals surface area (Å²) < 4.78 is 0. The van der Waals surface area contributed by atoms with Crippen LogP contribution in [-0.4, -0.2) is 10.1 Å². The Bertz CT molecular complexity index is 793. The van der Waals surface area contributed by atoms with E-state index < -0.39 is 0 Å². The molecule has 0 saturated heterocycles. The van der Waals surface area contributed by atoms with Gasteiger partial charge >= 0.3 is 0 Å². The van der Waals surface area contributed by atoms with Gasteiger partial charge in [-0.3, -0.25) is 4.98 Å². The predicted molar refractivity (Wildman–Crippen MR) is 82.8 cm³/mol. The van der Waals surface area contributed by atoms with Gasteiger partial charge in [0.2, 0.25) is 0 Å². The lowest BCUT2D eigenvalue weighted by molar-refractivity contribution is 0.463. The quantitative estimate of drug-likeness (QED) is 0.700. The molecule has 2 aromatic carbocycles. The number of fused-ring (bicyclic) bond motifs is 1. The molecule has 0 fully saturated rings. The fourth-order valence-electron chi connectivity index (χ4n) is 2.22. The summed E-state index contributed by atoms with van der Waals surface area (Å²) in [7, 11) is 0. The zero-order chi connectivity index (χ0) is 14.7. The molecule has 0 aliphatic rings. The van der Waals surface area contributed by atoms with Crippen LogP contribution in [0.15, 0.2) is 71.0 Å². The molecule has 1 aromatic heterocycles. The Balaban J connectivity index is 1.93. The summed E-state index contributed by atoms with van der Waals surface area (Å²) >= 11 is 0. The summed E-state index contributed by atoms with van der Waals surface area (Å²) in [5, 5.41) is 19.5. The highest BCUT2D eigenvalue weighted by Gasteiger charge is 2.08. The average molecular weight is 277 g/mol. The Morgan fingerprint density at radius 1 is 1.00 bits per heavy atom. The van der Waals surface area contributed by atoms with Crippen molar-refractivity contribution in [2.75, 3.05) is 0 Å². The smallest absolute Gasteiger partial charge is 0.120 e. The molecule has 1 unspecified atom stereocenters. The third-order valence-corrected chi connectivity index (χ3v) is 3.34. The van der Waals surface area contributed by atoms with E-state index in [0.717, 1.165) is 22.2 Å². The van der Waals surface area contributed by atoms with Crippen LogP contribution in [0.1, 0.15) is 18.5 Å². The van der Waals surface area contributed by atoms with Gasteiger partial charge in [0.1, 0.15) is 11.4 Å². The molecule has 1 N–H and O–H groups in total. The molecule has 1 atom stereocenters. The van der Waals surface area contributed by atoms with Crippen molar-refractivity contribution in [2.45, 2.75) is 13.0 Å². The maximum Gasteiger partial charge on any atom is 0.120 e. The Hall–Kier alpha value is -2.75. The number of rotatable bonds is 3. The lowest BCUT2D eigenvalue weighted by Gasteiger charge is -2.07. The zero-order valence-electron chi connectivity index (χ0n) is 11.6. The largest absolute Gasteiger partial charge is 0.508 e. The van der Waals surface area contributed by atoms with E-state index >= 15 is 0 Å². The number of nitrogens with zero attached hydrogens (tertiary/aromatic N) is 3. The minimum absolute atomic E-state index is 0.217. The van der Waals surface area contributed by atoms with Gasteiger partial charge in [0, 0.05) is 17.1 Å². The molecule has 4 heteroatoms. The lowest BCUT2D eigenvalue weighted by atomic mass is 10.1. The van der Waals surface area contributed by atoms with Gasteiger partial charge in [0.05, 0.1) is 11.6 Å².